The summed E-state index contributed by atoms with van der Waals surface area (Å²) in [4.78, 5) is 0. The smallest absolute Gasteiger partial charge is 0.412 e. The Balaban J connectivity index is -0.000000324. The van der Waals surface area contributed by atoms with Crippen molar-refractivity contribution in [2.75, 3.05) is 26.4 Å². The maximum Gasteiger partial charge on any atom is 2.00 e. The van der Waals surface area contributed by atoms with E-state index in [1.807, 2.05) is 55.4 Å². The van der Waals surface area contributed by atoms with Crippen LogP contribution >= 0.6 is 12.4 Å². The second-order valence-corrected chi connectivity index (χ2v) is 43.1. The van der Waals surface area contributed by atoms with E-state index < -0.39 is 8.07 Å². The van der Waals surface area contributed by atoms with Gasteiger partial charge in [0.2, 0.25) is 0 Å². The maximum absolute atomic E-state index is 9.80. The summed E-state index contributed by atoms with van der Waals surface area (Å²) in [6, 6.07) is 4.81. The summed E-state index contributed by atoms with van der Waals surface area (Å²) in [7, 11) is -1.52. The van der Waals surface area contributed by atoms with Crippen LogP contribution in [0.2, 0.25) is 24.2 Å². The quantitative estimate of drug-likeness (QED) is 0.0323. The number of halogens is 1. The molecule has 20 aliphatic carbocycles. The van der Waals surface area contributed by atoms with E-state index in [0.717, 1.165) is 89.9 Å². The van der Waals surface area contributed by atoms with Gasteiger partial charge in [0, 0.05) is 45.1 Å². The van der Waals surface area contributed by atoms with Gasteiger partial charge in [0.1, 0.15) is 0 Å². The standard InChI is InChI=1S/C22H37N3Si.2C19H32.C8H8O.C8H8.3C5H10.4C2H6O.4C2H6.CH4.2CH3.ClH.Fe.4H2O/c1-18(2)15-26(16-19(3)4,17-20(5)6)13-9-12-25-14-22(23-24-25)21-10-7-8-11-21;2*1-3-4-8-16(2)9-7-10-17-13-14-19(15-17)18-11-5-6-12-18;9-8-5-2-1-3(5)7(8)4(1)6(2)8;1-2-5-3(1)7-4(1)6(2)8(5)7;3*1-2-4-5-3-1;4*1-2-3;4*1-2;;;;;;;;;/h14,21H,1,3,5,7-13,15-17H2,2,4,6H3;2*13-18H,3-12H2,1-2H3;1-7,9H;1-8H;3*1-5H2;4*3H,2H2,1H3;4*1-2H3;1H4;2*1H3;1H;;4*1H2/q;;;;;;;;;;;;;;;;;2*-1;;+2;;;;. The van der Waals surface area contributed by atoms with Crippen LogP contribution in [0.15, 0.2) is 90.3 Å². The molecule has 18 fully saturated rings. The molecule has 21 rings (SSSR count). The molecule has 1 heterocycles. The maximum atomic E-state index is 9.80. The van der Waals surface area contributed by atoms with E-state index in [1.165, 1.54) is 344 Å². The molecule has 13 N–H and O–H groups in total. The average Bonchev–Trinajstić information content (AvgIpc) is 1.09. The Hall–Kier alpha value is -2.01. The van der Waals surface area contributed by atoms with Crippen molar-refractivity contribution in [1.29, 1.82) is 0 Å². The van der Waals surface area contributed by atoms with Crippen LogP contribution < -0.4 is 0 Å². The molecule has 0 spiro atoms. The minimum absolute atomic E-state index is 0. The Morgan fingerprint density at radius 3 is 0.912 bits per heavy atom. The van der Waals surface area contributed by atoms with Crippen LogP contribution in [0, 0.1) is 139 Å². The van der Waals surface area contributed by atoms with Gasteiger partial charge in [-0.25, -0.2) is 0 Å². The van der Waals surface area contributed by atoms with E-state index in [-0.39, 0.29) is 106 Å². The van der Waals surface area contributed by atoms with Crippen LogP contribution in [0.25, 0.3) is 0 Å². The minimum Gasteiger partial charge on any atom is -0.412 e. The number of aryl methyl sites for hydroxylation is 1. The van der Waals surface area contributed by atoms with Crippen LogP contribution in [0.1, 0.15) is 407 Å². The zero-order chi connectivity index (χ0) is 85.8. The molecule has 15 heteroatoms. The molecule has 1 aromatic rings. The second-order valence-electron chi connectivity index (χ2n) is 38.6. The van der Waals surface area contributed by atoms with Gasteiger partial charge < -0.3 is 62.3 Å². The molecule has 4 atom stereocenters. The molecule has 20 aliphatic rings. The summed E-state index contributed by atoms with van der Waals surface area (Å²) in [6.07, 6.45) is 74.4. The van der Waals surface area contributed by atoms with Gasteiger partial charge in [0.05, 0.1) is 19.4 Å². The molecular weight excluding hydrogens is 1630 g/mol. The van der Waals surface area contributed by atoms with E-state index in [0.29, 0.717) is 5.92 Å². The number of rotatable bonds is 27. The van der Waals surface area contributed by atoms with Gasteiger partial charge in [-0.15, -0.1) is 37.2 Å². The minimum atomic E-state index is -1.52. The van der Waals surface area contributed by atoms with Crippen molar-refractivity contribution >= 4 is 20.5 Å². The van der Waals surface area contributed by atoms with Crippen molar-refractivity contribution < 1.29 is 64.5 Å². The molecule has 12 nitrogen and oxygen atoms in total. The first-order valence-electron chi connectivity index (χ1n) is 51.2. The SMILES string of the molecule is C.C12C3C4C1C1C2C3C41.C1CCCC1.C1CCCC1.C1CCCC1.C=C(C)C[Si](CCCn1cc(C2CCCC2)nn1)(CC(=C)C)CC(=C)C.CC.CC.CC.CC.CCCCC(C)CCCC1C=CC(C2CCCC2)=C1.CCCCC(C)CCCC1C=CC(C2CCCC2)=C1.CCO.CCO.CCO.CCO.Cl.O.O.O.O.OC12C3C4C5C3C1C5C42.[CH3-].[CH3-].[Fe+2]. The Kier molecular flexibility index (Phi) is 79.5. The number of unbranched alkanes of at least 4 members (excludes halogenated alkanes) is 2. The topological polar surface area (TPSA) is 258 Å². The van der Waals surface area contributed by atoms with Crippen molar-refractivity contribution in [3.63, 3.8) is 0 Å². The summed E-state index contributed by atoms with van der Waals surface area (Å²) in [5.74, 6) is 23.3. The van der Waals surface area contributed by atoms with E-state index in [9.17, 15) is 5.11 Å². The second kappa shape index (κ2) is 74.3. The fraction of sp³-hybridized carbons (Fsp3) is 0.836. The van der Waals surface area contributed by atoms with Crippen LogP contribution in [0.3, 0.4) is 0 Å². The Morgan fingerprint density at radius 2 is 0.672 bits per heavy atom. The molecular formula is C110H214ClFeN3O9Si. The van der Waals surface area contributed by atoms with Crippen molar-refractivity contribution in [3.05, 3.63) is 111 Å². The zero-order valence-electron chi connectivity index (χ0n) is 84.9. The van der Waals surface area contributed by atoms with Gasteiger partial charge >= 0.3 is 17.1 Å². The van der Waals surface area contributed by atoms with E-state index in [1.54, 1.807) is 38.8 Å². The first-order valence-corrected chi connectivity index (χ1v) is 54.0. The third-order valence-corrected chi connectivity index (χ3v) is 35.5. The van der Waals surface area contributed by atoms with Crippen LogP contribution in [0.4, 0.5) is 0 Å². The van der Waals surface area contributed by atoms with Crippen LogP contribution in [-0.2, 0) is 23.6 Å². The molecule has 742 valence electrons. The van der Waals surface area contributed by atoms with Gasteiger partial charge in [-0.05, 0) is 260 Å². The van der Waals surface area contributed by atoms with E-state index >= 15 is 0 Å². The van der Waals surface area contributed by atoms with Crippen LogP contribution in [-0.4, -0.2) is 103 Å². The molecule has 0 saturated heterocycles. The molecule has 0 aliphatic heterocycles. The zero-order valence-corrected chi connectivity index (χ0v) is 87.8. The van der Waals surface area contributed by atoms with E-state index in [2.05, 4.69) is 126 Å². The molecule has 0 bridgehead atoms. The Bertz CT molecular complexity index is 2570. The van der Waals surface area contributed by atoms with Gasteiger partial charge in [-0.2, -0.15) is 0 Å². The monoisotopic (exact) mass is 1840 g/mol. The molecule has 0 radical (unpaired) electrons. The number of aliphatic hydroxyl groups is 5. The summed E-state index contributed by atoms with van der Waals surface area (Å²) in [5.41, 5.74) is 8.43. The number of nitrogens with zero attached hydrogens (tertiary/aromatic N) is 3. The van der Waals surface area contributed by atoms with Gasteiger partial charge in [0.15, 0.2) is 0 Å². The largest absolute Gasteiger partial charge is 2.00 e. The van der Waals surface area contributed by atoms with Gasteiger partial charge in [-0.3, -0.25) is 4.68 Å². The summed E-state index contributed by atoms with van der Waals surface area (Å²) < 4.78 is 2.06. The number of hydrogen-bond acceptors (Lipinski definition) is 7. The third-order valence-electron chi connectivity index (χ3n) is 30.1. The predicted octanol–water partition coefficient (Wildman–Crippen LogP) is 28.8. The Labute approximate surface area is 794 Å². The van der Waals surface area contributed by atoms with Crippen molar-refractivity contribution in [1.82, 2.24) is 15.0 Å². The van der Waals surface area contributed by atoms with Gasteiger partial charge in [0.25, 0.3) is 0 Å². The first-order chi connectivity index (χ1) is 56.4. The fourth-order valence-electron chi connectivity index (χ4n) is 25.5. The first kappa shape index (κ1) is 134. The Morgan fingerprint density at radius 1 is 0.424 bits per heavy atom. The summed E-state index contributed by atoms with van der Waals surface area (Å²) >= 11 is 0. The summed E-state index contributed by atoms with van der Waals surface area (Å²) in [6.45, 7) is 53.3. The van der Waals surface area contributed by atoms with E-state index in [4.69, 9.17) is 20.4 Å². The number of allylic oxidation sites excluding steroid dienone is 11. The number of hydrogen-bond donors (Lipinski definition) is 5. The fourth-order valence-corrected chi connectivity index (χ4v) is 31.2. The molecule has 0 amide bonds. The molecule has 0 aromatic carbocycles. The van der Waals surface area contributed by atoms with Crippen molar-refractivity contribution in [2.45, 2.75) is 438 Å². The number of aliphatic hydroxyl groups excluding tert-OH is 4. The molecule has 18 saturated carbocycles. The summed E-state index contributed by atoms with van der Waals surface area (Å²) in [5, 5.41) is 48.9. The average molecular weight is 1840 g/mol. The predicted molar refractivity (Wildman–Crippen MR) is 550 cm³/mol. The molecule has 125 heavy (non-hydrogen) atoms. The molecule has 1 aromatic heterocycles. The van der Waals surface area contributed by atoms with Crippen molar-refractivity contribution in [3.8, 4) is 0 Å². The van der Waals surface area contributed by atoms with Crippen molar-refractivity contribution in [2.24, 2.45) is 124 Å². The number of aromatic nitrogens is 3. The third kappa shape index (κ3) is 37.3. The normalized spacial score (nSPS) is 28.9. The van der Waals surface area contributed by atoms with Crippen LogP contribution in [0.5, 0.6) is 0 Å². The molecule has 4 unspecified atom stereocenters. The van der Waals surface area contributed by atoms with Gasteiger partial charge in [-0.1, -0.05) is 354 Å².